The average molecular weight is 396 g/mol. The van der Waals surface area contributed by atoms with Crippen molar-refractivity contribution >= 4 is 17.1 Å². The maximum absolute atomic E-state index is 13.2. The summed E-state index contributed by atoms with van der Waals surface area (Å²) in [6, 6.07) is 4.49. The molecule has 0 N–H and O–H groups in total. The molecule has 1 aliphatic heterocycles. The van der Waals surface area contributed by atoms with Gasteiger partial charge in [0.25, 0.3) is 0 Å². The van der Waals surface area contributed by atoms with Gasteiger partial charge in [-0.25, -0.2) is 4.98 Å². The number of hydrogen-bond donors (Lipinski definition) is 0. The van der Waals surface area contributed by atoms with Crippen molar-refractivity contribution in [1.82, 2.24) is 9.88 Å². The van der Waals surface area contributed by atoms with E-state index in [0.29, 0.717) is 34.4 Å². The molecule has 3 nitrogen and oxygen atoms in total. The van der Waals surface area contributed by atoms with E-state index in [1.807, 2.05) is 0 Å². The molecule has 3 rings (SSSR count). The second-order valence-electron chi connectivity index (χ2n) is 7.31. The Bertz CT molecular complexity index is 844. The van der Waals surface area contributed by atoms with Crippen LogP contribution in [0, 0.1) is 6.92 Å². The molecular formula is C20H23F3N2OS. The van der Waals surface area contributed by atoms with Gasteiger partial charge in [0.05, 0.1) is 17.7 Å². The number of rotatable bonds is 5. The Morgan fingerprint density at radius 1 is 1.33 bits per heavy atom. The summed E-state index contributed by atoms with van der Waals surface area (Å²) in [6.07, 6.45) is -1.94. The predicted molar refractivity (Wildman–Crippen MR) is 101 cm³/mol. The maximum atomic E-state index is 13.2. The van der Waals surface area contributed by atoms with Gasteiger partial charge in [0.1, 0.15) is 10.8 Å². The first-order valence-electron chi connectivity index (χ1n) is 9.05. The standard InChI is InChI=1S/C20H23F3N2OS/c1-12-7-15(10-16(8-12)20(21,22)23)19-17(11-25-6-4-5-13(25)2)27-18(24-19)9-14(3)26/h7-8,10,13H,4-6,9,11H2,1-3H3/t13-/m1/s1. The number of nitrogens with zero attached hydrogens (tertiary/aromatic N) is 2. The minimum Gasteiger partial charge on any atom is -0.300 e. The van der Waals surface area contributed by atoms with Gasteiger partial charge in [-0.3, -0.25) is 9.69 Å². The van der Waals surface area contributed by atoms with E-state index in [2.05, 4.69) is 16.8 Å². The van der Waals surface area contributed by atoms with E-state index in [0.717, 1.165) is 36.4 Å². The number of thiazole rings is 1. The third kappa shape index (κ3) is 4.76. The van der Waals surface area contributed by atoms with Gasteiger partial charge in [0.2, 0.25) is 0 Å². The first-order valence-corrected chi connectivity index (χ1v) is 9.86. The highest BCUT2D eigenvalue weighted by Gasteiger charge is 2.32. The molecule has 0 aliphatic carbocycles. The molecule has 0 radical (unpaired) electrons. The quantitative estimate of drug-likeness (QED) is 0.692. The van der Waals surface area contributed by atoms with Crippen molar-refractivity contribution in [2.24, 2.45) is 0 Å². The molecule has 0 spiro atoms. The molecule has 0 bridgehead atoms. The highest BCUT2D eigenvalue weighted by molar-refractivity contribution is 7.12. The van der Waals surface area contributed by atoms with Crippen LogP contribution in [0.4, 0.5) is 13.2 Å². The van der Waals surface area contributed by atoms with Crippen LogP contribution in [0.25, 0.3) is 11.3 Å². The van der Waals surface area contributed by atoms with Crippen molar-refractivity contribution in [3.05, 3.63) is 39.2 Å². The number of carbonyl (C=O) groups excluding carboxylic acids is 1. The Balaban J connectivity index is 2.03. The summed E-state index contributed by atoms with van der Waals surface area (Å²) in [6.45, 7) is 6.95. The number of Topliss-reactive ketones (excluding diaryl/α,β-unsaturated/α-hetero) is 1. The number of halogens is 3. The van der Waals surface area contributed by atoms with Gasteiger partial charge in [0.15, 0.2) is 0 Å². The van der Waals surface area contributed by atoms with Crippen molar-refractivity contribution in [3.8, 4) is 11.3 Å². The summed E-state index contributed by atoms with van der Waals surface area (Å²) in [5.74, 6) is -0.00314. The Morgan fingerprint density at radius 3 is 2.67 bits per heavy atom. The van der Waals surface area contributed by atoms with E-state index >= 15 is 0 Å². The van der Waals surface area contributed by atoms with E-state index < -0.39 is 11.7 Å². The number of ketones is 1. The van der Waals surface area contributed by atoms with Gasteiger partial charge in [-0.1, -0.05) is 0 Å². The Hall–Kier alpha value is -1.73. The molecule has 1 aromatic carbocycles. The number of alkyl halides is 3. The molecule has 2 aromatic rings. The first-order chi connectivity index (χ1) is 12.6. The molecule has 1 fully saturated rings. The lowest BCUT2D eigenvalue weighted by molar-refractivity contribution is -0.137. The van der Waals surface area contributed by atoms with Crippen molar-refractivity contribution < 1.29 is 18.0 Å². The van der Waals surface area contributed by atoms with Gasteiger partial charge in [0, 0.05) is 23.0 Å². The van der Waals surface area contributed by atoms with Crippen LogP contribution in [0.15, 0.2) is 18.2 Å². The zero-order chi connectivity index (χ0) is 19.8. The fraction of sp³-hybridized carbons (Fsp3) is 0.500. The highest BCUT2D eigenvalue weighted by atomic mass is 32.1. The van der Waals surface area contributed by atoms with Gasteiger partial charge >= 0.3 is 6.18 Å². The number of carbonyl (C=O) groups is 1. The number of aryl methyl sites for hydroxylation is 1. The Labute approximate surface area is 161 Å². The first kappa shape index (κ1) is 20.0. The molecule has 1 atom stereocenters. The molecule has 146 valence electrons. The SMILES string of the molecule is CC(=O)Cc1nc(-c2cc(C)cc(C(F)(F)F)c2)c(CN2CCC[C@H]2C)s1. The third-order valence-corrected chi connectivity index (χ3v) is 5.90. The van der Waals surface area contributed by atoms with Crippen LogP contribution in [0.2, 0.25) is 0 Å². The third-order valence-electron chi connectivity index (χ3n) is 4.86. The van der Waals surface area contributed by atoms with Crippen molar-refractivity contribution in [2.75, 3.05) is 6.54 Å². The van der Waals surface area contributed by atoms with E-state index in [-0.39, 0.29) is 12.2 Å². The molecule has 0 amide bonds. The van der Waals surface area contributed by atoms with E-state index in [9.17, 15) is 18.0 Å². The van der Waals surface area contributed by atoms with Crippen LogP contribution in [0.3, 0.4) is 0 Å². The highest BCUT2D eigenvalue weighted by Crippen LogP contribution is 2.36. The summed E-state index contributed by atoms with van der Waals surface area (Å²) in [5.41, 5.74) is 0.917. The van der Waals surface area contributed by atoms with Crippen LogP contribution in [0.1, 0.15) is 47.7 Å². The van der Waals surface area contributed by atoms with Gasteiger partial charge in [-0.15, -0.1) is 11.3 Å². The molecule has 27 heavy (non-hydrogen) atoms. The minimum absolute atomic E-state index is 0.00314. The number of hydrogen-bond acceptors (Lipinski definition) is 4. The smallest absolute Gasteiger partial charge is 0.300 e. The monoisotopic (exact) mass is 396 g/mol. The summed E-state index contributed by atoms with van der Waals surface area (Å²) < 4.78 is 39.7. The van der Waals surface area contributed by atoms with Crippen LogP contribution in [-0.4, -0.2) is 28.3 Å². The van der Waals surface area contributed by atoms with Crippen LogP contribution in [0.5, 0.6) is 0 Å². The van der Waals surface area contributed by atoms with Crippen molar-refractivity contribution in [3.63, 3.8) is 0 Å². The zero-order valence-corrected chi connectivity index (χ0v) is 16.5. The minimum atomic E-state index is -4.40. The van der Waals surface area contributed by atoms with Gasteiger partial charge < -0.3 is 0 Å². The van der Waals surface area contributed by atoms with E-state index in [1.165, 1.54) is 18.3 Å². The van der Waals surface area contributed by atoms with Gasteiger partial charge in [-0.05, 0) is 63.9 Å². The maximum Gasteiger partial charge on any atom is 0.416 e. The summed E-state index contributed by atoms with van der Waals surface area (Å²) >= 11 is 1.44. The fourth-order valence-corrected chi connectivity index (χ4v) is 4.70. The molecular weight excluding hydrogens is 373 g/mol. The summed E-state index contributed by atoms with van der Waals surface area (Å²) in [5, 5.41) is 0.661. The normalized spacial score (nSPS) is 18.2. The van der Waals surface area contributed by atoms with Crippen molar-refractivity contribution in [2.45, 2.75) is 58.8 Å². The fourth-order valence-electron chi connectivity index (χ4n) is 3.52. The average Bonchev–Trinajstić information content (AvgIpc) is 3.12. The van der Waals surface area contributed by atoms with Gasteiger partial charge in [-0.2, -0.15) is 13.2 Å². The largest absolute Gasteiger partial charge is 0.416 e. The molecule has 0 saturated carbocycles. The Kier molecular flexibility index (Phi) is 5.72. The second kappa shape index (κ2) is 7.72. The lowest BCUT2D eigenvalue weighted by atomic mass is 10.0. The number of benzene rings is 1. The van der Waals surface area contributed by atoms with E-state index in [4.69, 9.17) is 0 Å². The summed E-state index contributed by atoms with van der Waals surface area (Å²) in [4.78, 5) is 19.3. The molecule has 7 heteroatoms. The van der Waals surface area contributed by atoms with E-state index in [1.54, 1.807) is 13.0 Å². The number of aromatic nitrogens is 1. The lowest BCUT2D eigenvalue weighted by Crippen LogP contribution is -2.25. The Morgan fingerprint density at radius 2 is 2.07 bits per heavy atom. The molecule has 2 heterocycles. The van der Waals surface area contributed by atoms with Crippen LogP contribution < -0.4 is 0 Å². The molecule has 0 unspecified atom stereocenters. The lowest BCUT2D eigenvalue weighted by Gasteiger charge is -2.20. The van der Waals surface area contributed by atoms with Crippen molar-refractivity contribution in [1.29, 1.82) is 0 Å². The molecule has 1 aromatic heterocycles. The number of likely N-dealkylation sites (tertiary alicyclic amines) is 1. The topological polar surface area (TPSA) is 33.2 Å². The molecule has 1 saturated heterocycles. The predicted octanol–water partition coefficient (Wildman–Crippen LogP) is 5.25. The molecule has 1 aliphatic rings. The van der Waals surface area contributed by atoms with Crippen LogP contribution in [-0.2, 0) is 23.9 Å². The second-order valence-corrected chi connectivity index (χ2v) is 8.47. The summed E-state index contributed by atoms with van der Waals surface area (Å²) in [7, 11) is 0. The van der Waals surface area contributed by atoms with Crippen LogP contribution >= 0.6 is 11.3 Å². The zero-order valence-electron chi connectivity index (χ0n) is 15.7.